The van der Waals surface area contributed by atoms with Gasteiger partial charge in [0.2, 0.25) is 0 Å². The minimum absolute atomic E-state index is 0.147. The van der Waals surface area contributed by atoms with Crippen LogP contribution in [0.25, 0.3) is 0 Å². The molecule has 2 N–H and O–H groups in total. The molecule has 1 unspecified atom stereocenters. The van der Waals surface area contributed by atoms with Crippen molar-refractivity contribution in [2.75, 3.05) is 13.3 Å². The third-order valence-corrected chi connectivity index (χ3v) is 4.28. The maximum atomic E-state index is 10.8. The summed E-state index contributed by atoms with van der Waals surface area (Å²) in [5.74, 6) is -1.01. The van der Waals surface area contributed by atoms with E-state index >= 15 is 0 Å². The second-order valence-corrected chi connectivity index (χ2v) is 11.1. The quantitative estimate of drug-likeness (QED) is 0.565. The van der Waals surface area contributed by atoms with E-state index in [1.54, 1.807) is 0 Å². The fourth-order valence-electron chi connectivity index (χ4n) is 1.39. The number of aliphatic hydroxyl groups is 1. The first kappa shape index (κ1) is 14.9. The minimum Gasteiger partial charge on any atom is -0.478 e. The van der Waals surface area contributed by atoms with Gasteiger partial charge in [-0.25, -0.2) is 4.79 Å². The van der Waals surface area contributed by atoms with E-state index in [-0.39, 0.29) is 12.3 Å². The molecule has 6 heteroatoms. The van der Waals surface area contributed by atoms with Gasteiger partial charge in [0.15, 0.2) is 0 Å². The highest BCUT2D eigenvalue weighted by atomic mass is 28.3. The molecule has 0 aromatic rings. The van der Waals surface area contributed by atoms with Crippen molar-refractivity contribution in [3.05, 3.63) is 23.9 Å². The van der Waals surface area contributed by atoms with E-state index in [0.29, 0.717) is 6.61 Å². The molecule has 0 aliphatic carbocycles. The van der Waals surface area contributed by atoms with Gasteiger partial charge in [-0.3, -0.25) is 0 Å². The number of aliphatic hydroxyl groups excluding tert-OH is 1. The van der Waals surface area contributed by atoms with Gasteiger partial charge in [0, 0.05) is 20.9 Å². The number of hydrogen-bond donors (Lipinski definition) is 2. The summed E-state index contributed by atoms with van der Waals surface area (Å²) in [6.07, 6.45) is 3.42. The third kappa shape index (κ3) is 5.03. The Morgan fingerprint density at radius 3 is 2.72 bits per heavy atom. The first-order chi connectivity index (χ1) is 8.29. The highest BCUT2D eigenvalue weighted by Gasteiger charge is 2.18. The molecule has 1 aliphatic heterocycles. The number of carboxylic acid groups (broad SMARTS) is 1. The molecule has 5 nitrogen and oxygen atoms in total. The molecule has 0 saturated heterocycles. The zero-order chi connectivity index (χ0) is 13.8. The molecule has 0 aromatic carbocycles. The number of ether oxygens (including phenoxy) is 1. The number of carboxylic acids is 1. The molecule has 0 radical (unpaired) electrons. The number of hydrogen-bond acceptors (Lipinski definition) is 4. The van der Waals surface area contributed by atoms with Crippen LogP contribution in [0.1, 0.15) is 0 Å². The Balaban J connectivity index is 2.41. The molecule has 0 spiro atoms. The monoisotopic (exact) mass is 271 g/mol. The average molecular weight is 271 g/mol. The number of rotatable bonds is 6. The Labute approximate surface area is 108 Å². The molecule has 0 fully saturated rings. The molecular weight excluding hydrogens is 250 g/mol. The Bertz CT molecular complexity index is 360. The van der Waals surface area contributed by atoms with E-state index in [0.717, 1.165) is 6.04 Å². The Kier molecular flexibility index (Phi) is 5.12. The van der Waals surface area contributed by atoms with E-state index in [9.17, 15) is 9.90 Å². The first-order valence-electron chi connectivity index (χ1n) is 5.94. The van der Waals surface area contributed by atoms with Crippen molar-refractivity contribution in [2.45, 2.75) is 31.9 Å². The molecule has 18 heavy (non-hydrogen) atoms. The second kappa shape index (κ2) is 6.17. The predicted octanol–water partition coefficient (Wildman–Crippen LogP) is 1.46. The lowest BCUT2D eigenvalue weighted by atomic mass is 10.2. The van der Waals surface area contributed by atoms with Crippen LogP contribution in [0.5, 0.6) is 0 Å². The summed E-state index contributed by atoms with van der Waals surface area (Å²) in [4.78, 5) is 12.3. The van der Waals surface area contributed by atoms with Gasteiger partial charge < -0.3 is 19.8 Å². The largest absolute Gasteiger partial charge is 0.478 e. The van der Waals surface area contributed by atoms with E-state index in [1.165, 1.54) is 23.3 Å². The van der Waals surface area contributed by atoms with Crippen LogP contribution in [0.2, 0.25) is 25.7 Å². The molecule has 102 valence electrons. The van der Waals surface area contributed by atoms with Crippen LogP contribution in [-0.2, 0) is 9.53 Å². The molecule has 0 aromatic heterocycles. The van der Waals surface area contributed by atoms with Gasteiger partial charge in [-0.1, -0.05) is 19.6 Å². The maximum Gasteiger partial charge on any atom is 0.337 e. The van der Waals surface area contributed by atoms with Gasteiger partial charge in [0.25, 0.3) is 0 Å². The molecular formula is C12H21NO4Si. The first-order valence-corrected chi connectivity index (χ1v) is 9.65. The normalized spacial score (nSPS) is 19.9. The molecule has 1 aliphatic rings. The van der Waals surface area contributed by atoms with Crippen molar-refractivity contribution in [3.8, 4) is 0 Å². The summed E-state index contributed by atoms with van der Waals surface area (Å²) in [5.41, 5.74) is 0.147. The molecule has 1 heterocycles. The third-order valence-electron chi connectivity index (χ3n) is 2.58. The summed E-state index contributed by atoms with van der Waals surface area (Å²) in [5, 5.41) is 18.5. The second-order valence-electron chi connectivity index (χ2n) is 5.52. The van der Waals surface area contributed by atoms with Gasteiger partial charge in [0.1, 0.15) is 13.0 Å². The van der Waals surface area contributed by atoms with Crippen molar-refractivity contribution in [1.82, 2.24) is 4.90 Å². The van der Waals surface area contributed by atoms with Crippen LogP contribution in [-0.4, -0.2) is 48.7 Å². The van der Waals surface area contributed by atoms with E-state index < -0.39 is 20.3 Å². The van der Waals surface area contributed by atoms with E-state index in [4.69, 9.17) is 9.84 Å². The van der Waals surface area contributed by atoms with Gasteiger partial charge in [-0.05, 0) is 18.2 Å². The molecule has 0 saturated carbocycles. The molecule has 1 rings (SSSR count). The molecule has 0 bridgehead atoms. The fraction of sp³-hybridized carbons (Fsp3) is 0.583. The highest BCUT2D eigenvalue weighted by Crippen LogP contribution is 2.13. The Hall–Kier alpha value is -1.11. The van der Waals surface area contributed by atoms with Crippen molar-refractivity contribution < 1.29 is 19.7 Å². The van der Waals surface area contributed by atoms with Crippen LogP contribution in [0.15, 0.2) is 23.9 Å². The topological polar surface area (TPSA) is 70.0 Å². The van der Waals surface area contributed by atoms with Gasteiger partial charge >= 0.3 is 5.97 Å². The lowest BCUT2D eigenvalue weighted by molar-refractivity contribution is -0.132. The summed E-state index contributed by atoms with van der Waals surface area (Å²) in [7, 11) is -1.12. The average Bonchev–Trinajstić information content (AvgIpc) is 2.24. The minimum atomic E-state index is -1.12. The van der Waals surface area contributed by atoms with Crippen LogP contribution in [0.3, 0.4) is 0 Å². The van der Waals surface area contributed by atoms with E-state index in [1.807, 2.05) is 0 Å². The van der Waals surface area contributed by atoms with Gasteiger partial charge in [0.05, 0.1) is 5.57 Å². The fourth-order valence-corrected chi connectivity index (χ4v) is 2.14. The summed E-state index contributed by atoms with van der Waals surface area (Å²) in [6, 6.07) is 1.04. The van der Waals surface area contributed by atoms with Crippen LogP contribution in [0, 0.1) is 0 Å². The van der Waals surface area contributed by atoms with Crippen molar-refractivity contribution in [3.63, 3.8) is 0 Å². The van der Waals surface area contributed by atoms with Gasteiger partial charge in [-0.15, -0.1) is 0 Å². The molecule has 1 atom stereocenters. The van der Waals surface area contributed by atoms with Crippen molar-refractivity contribution >= 4 is 14.0 Å². The predicted molar refractivity (Wildman–Crippen MR) is 71.7 cm³/mol. The SMILES string of the molecule is C[Si](C)(C)CCOCN1C=C(C(=O)O)C=CC1O. The summed E-state index contributed by atoms with van der Waals surface area (Å²) >= 11 is 0. The Morgan fingerprint density at radius 1 is 1.50 bits per heavy atom. The number of nitrogens with zero attached hydrogens (tertiary/aromatic N) is 1. The summed E-state index contributed by atoms with van der Waals surface area (Å²) < 4.78 is 5.48. The maximum absolute atomic E-state index is 10.8. The zero-order valence-corrected chi connectivity index (χ0v) is 12.1. The number of aliphatic carboxylic acids is 1. The Morgan fingerprint density at radius 2 is 2.17 bits per heavy atom. The standard InChI is InChI=1S/C12H21NO4Si/c1-18(2,3)7-6-17-9-13-8-10(12(15)16)4-5-11(13)14/h4-5,8,11,14H,6-7,9H2,1-3H3,(H,15,16). The smallest absolute Gasteiger partial charge is 0.337 e. The van der Waals surface area contributed by atoms with E-state index in [2.05, 4.69) is 19.6 Å². The van der Waals surface area contributed by atoms with Crippen molar-refractivity contribution in [1.29, 1.82) is 0 Å². The lowest BCUT2D eigenvalue weighted by Crippen LogP contribution is -2.34. The van der Waals surface area contributed by atoms with Crippen LogP contribution in [0.4, 0.5) is 0 Å². The zero-order valence-electron chi connectivity index (χ0n) is 11.1. The van der Waals surface area contributed by atoms with Gasteiger partial charge in [-0.2, -0.15) is 0 Å². The highest BCUT2D eigenvalue weighted by molar-refractivity contribution is 6.76. The van der Waals surface area contributed by atoms with Crippen molar-refractivity contribution in [2.24, 2.45) is 0 Å². The number of carbonyl (C=O) groups is 1. The lowest BCUT2D eigenvalue weighted by Gasteiger charge is -2.27. The van der Waals surface area contributed by atoms with Crippen LogP contribution < -0.4 is 0 Å². The van der Waals surface area contributed by atoms with Crippen LogP contribution >= 0.6 is 0 Å². The summed E-state index contributed by atoms with van der Waals surface area (Å²) in [6.45, 7) is 7.62. The molecule has 0 amide bonds.